The number of nitrogens with zero attached hydrogens (tertiary/aromatic N) is 2. The Morgan fingerprint density at radius 1 is 1.30 bits per heavy atom. The SMILES string of the molecule is C=C(C)/C(=C\C=C(/C)Cl)CNc1nc(C)nc(N)c1NC(C)=O. The van der Waals surface area contributed by atoms with E-state index in [0.29, 0.717) is 28.9 Å². The summed E-state index contributed by atoms with van der Waals surface area (Å²) in [6, 6.07) is 0. The summed E-state index contributed by atoms with van der Waals surface area (Å²) in [5.41, 5.74) is 8.09. The second-order valence-corrected chi connectivity index (χ2v) is 5.74. The van der Waals surface area contributed by atoms with Crippen molar-refractivity contribution in [3.63, 3.8) is 0 Å². The van der Waals surface area contributed by atoms with Gasteiger partial charge in [-0.25, -0.2) is 9.97 Å². The molecule has 1 amide bonds. The Hall–Kier alpha value is -2.34. The number of nitrogens with two attached hydrogens (primary N) is 1. The first kappa shape index (κ1) is 18.7. The largest absolute Gasteiger partial charge is 0.382 e. The van der Waals surface area contributed by atoms with Crippen molar-refractivity contribution in [2.75, 3.05) is 22.9 Å². The highest BCUT2D eigenvalue weighted by Gasteiger charge is 2.12. The number of nitrogens with one attached hydrogen (secondary N) is 2. The third-order valence-corrected chi connectivity index (χ3v) is 2.98. The van der Waals surface area contributed by atoms with E-state index >= 15 is 0 Å². The summed E-state index contributed by atoms with van der Waals surface area (Å²) < 4.78 is 0. The van der Waals surface area contributed by atoms with E-state index in [4.69, 9.17) is 17.3 Å². The molecule has 0 radical (unpaired) electrons. The van der Waals surface area contributed by atoms with Crippen molar-refractivity contribution in [2.24, 2.45) is 0 Å². The van der Waals surface area contributed by atoms with Crippen LogP contribution in [0.15, 0.2) is 34.9 Å². The molecule has 1 heterocycles. The Bertz CT molecular complexity index is 675. The molecule has 0 spiro atoms. The van der Waals surface area contributed by atoms with Crippen LogP contribution in [0.2, 0.25) is 0 Å². The van der Waals surface area contributed by atoms with Gasteiger partial charge in [0.1, 0.15) is 11.5 Å². The first-order valence-corrected chi connectivity index (χ1v) is 7.43. The molecule has 0 saturated carbocycles. The van der Waals surface area contributed by atoms with E-state index < -0.39 is 0 Å². The van der Waals surface area contributed by atoms with Crippen LogP contribution in [0.3, 0.4) is 0 Å². The first-order valence-electron chi connectivity index (χ1n) is 7.05. The first-order chi connectivity index (χ1) is 10.7. The lowest BCUT2D eigenvalue weighted by molar-refractivity contribution is -0.114. The standard InChI is InChI=1S/C16H22ClN5O/c1-9(2)13(7-6-10(3)17)8-19-16-14(22-12(5)23)15(18)20-11(4)21-16/h6-7H,1,8H2,2-5H3,(H,22,23)(H3,18,19,20,21)/b10-6+,13-7-. The summed E-state index contributed by atoms with van der Waals surface area (Å²) in [6.45, 7) is 11.2. The lowest BCUT2D eigenvalue weighted by atomic mass is 10.1. The fourth-order valence-electron chi connectivity index (χ4n) is 1.77. The van der Waals surface area contributed by atoms with Crippen molar-refractivity contribution >= 4 is 34.8 Å². The number of aryl methyl sites for hydroxylation is 1. The summed E-state index contributed by atoms with van der Waals surface area (Å²) in [5.74, 6) is 0.941. The fraction of sp³-hybridized carbons (Fsp3) is 0.312. The lowest BCUT2D eigenvalue weighted by Gasteiger charge is -2.15. The molecule has 1 aromatic heterocycles. The molecule has 4 N–H and O–H groups in total. The number of allylic oxidation sites excluding steroid dienone is 3. The average molecular weight is 336 g/mol. The fourth-order valence-corrected chi connectivity index (χ4v) is 1.83. The zero-order valence-electron chi connectivity index (χ0n) is 13.8. The predicted octanol–water partition coefficient (Wildman–Crippen LogP) is 3.38. The molecule has 1 rings (SSSR count). The Morgan fingerprint density at radius 3 is 2.48 bits per heavy atom. The molecule has 124 valence electrons. The molecule has 0 fully saturated rings. The maximum Gasteiger partial charge on any atom is 0.221 e. The van der Waals surface area contributed by atoms with Crippen molar-refractivity contribution in [3.05, 3.63) is 40.7 Å². The molecule has 0 unspecified atom stereocenters. The van der Waals surface area contributed by atoms with Gasteiger partial charge in [0.2, 0.25) is 5.91 Å². The molecule has 0 saturated heterocycles. The zero-order chi connectivity index (χ0) is 17.6. The van der Waals surface area contributed by atoms with E-state index in [2.05, 4.69) is 27.2 Å². The Kier molecular flexibility index (Phi) is 6.78. The minimum absolute atomic E-state index is 0.215. The number of anilines is 3. The van der Waals surface area contributed by atoms with Gasteiger partial charge in [0, 0.05) is 18.5 Å². The highest BCUT2D eigenvalue weighted by Crippen LogP contribution is 2.25. The van der Waals surface area contributed by atoms with E-state index in [1.54, 1.807) is 19.9 Å². The highest BCUT2D eigenvalue weighted by atomic mass is 35.5. The minimum Gasteiger partial charge on any atom is -0.382 e. The second-order valence-electron chi connectivity index (χ2n) is 5.14. The van der Waals surface area contributed by atoms with Crippen LogP contribution in [0.4, 0.5) is 17.3 Å². The monoisotopic (exact) mass is 335 g/mol. The Morgan fingerprint density at radius 2 is 1.96 bits per heavy atom. The highest BCUT2D eigenvalue weighted by molar-refractivity contribution is 6.29. The maximum absolute atomic E-state index is 11.3. The van der Waals surface area contributed by atoms with Crippen LogP contribution in [-0.4, -0.2) is 22.4 Å². The summed E-state index contributed by atoms with van der Waals surface area (Å²) in [4.78, 5) is 19.7. The van der Waals surface area contributed by atoms with Crippen LogP contribution in [0.1, 0.15) is 26.6 Å². The lowest BCUT2D eigenvalue weighted by Crippen LogP contribution is -2.16. The third-order valence-electron chi connectivity index (χ3n) is 2.86. The second kappa shape index (κ2) is 8.33. The van der Waals surface area contributed by atoms with Crippen LogP contribution in [-0.2, 0) is 4.79 Å². The molecule has 0 aliphatic carbocycles. The van der Waals surface area contributed by atoms with E-state index in [-0.39, 0.29) is 11.7 Å². The molecule has 0 aromatic carbocycles. The number of carbonyl (C=O) groups excluding carboxylic acids is 1. The number of rotatable bonds is 6. The average Bonchev–Trinajstić information content (AvgIpc) is 2.41. The molecule has 23 heavy (non-hydrogen) atoms. The van der Waals surface area contributed by atoms with Gasteiger partial charge in [0.05, 0.1) is 0 Å². The van der Waals surface area contributed by atoms with Gasteiger partial charge in [-0.2, -0.15) is 0 Å². The molecule has 1 aromatic rings. The number of amides is 1. The smallest absolute Gasteiger partial charge is 0.221 e. The van der Waals surface area contributed by atoms with Crippen molar-refractivity contribution in [1.82, 2.24) is 9.97 Å². The van der Waals surface area contributed by atoms with Crippen LogP contribution < -0.4 is 16.4 Å². The van der Waals surface area contributed by atoms with Gasteiger partial charge < -0.3 is 16.4 Å². The van der Waals surface area contributed by atoms with Gasteiger partial charge in [-0.3, -0.25) is 4.79 Å². The van der Waals surface area contributed by atoms with E-state index in [1.165, 1.54) is 6.92 Å². The predicted molar refractivity (Wildman–Crippen MR) is 96.5 cm³/mol. The Balaban J connectivity index is 3.07. The Labute approximate surface area is 141 Å². The van der Waals surface area contributed by atoms with Gasteiger partial charge in [-0.15, -0.1) is 0 Å². The molecule has 7 heteroatoms. The molecule has 0 atom stereocenters. The molecular weight excluding hydrogens is 314 g/mol. The molecule has 6 nitrogen and oxygen atoms in total. The van der Waals surface area contributed by atoms with Gasteiger partial charge in [0.15, 0.2) is 11.6 Å². The molecule has 0 aliphatic rings. The van der Waals surface area contributed by atoms with Gasteiger partial charge >= 0.3 is 0 Å². The molecule has 0 bridgehead atoms. The third kappa shape index (κ3) is 6.12. The quantitative estimate of drug-likeness (QED) is 0.693. The van der Waals surface area contributed by atoms with Gasteiger partial charge in [0.25, 0.3) is 0 Å². The van der Waals surface area contributed by atoms with Gasteiger partial charge in [-0.1, -0.05) is 29.8 Å². The van der Waals surface area contributed by atoms with Crippen LogP contribution in [0.5, 0.6) is 0 Å². The van der Waals surface area contributed by atoms with Gasteiger partial charge in [-0.05, 0) is 32.4 Å². The van der Waals surface area contributed by atoms with Crippen molar-refractivity contribution in [3.8, 4) is 0 Å². The van der Waals surface area contributed by atoms with Crippen LogP contribution in [0, 0.1) is 6.92 Å². The number of carbonyl (C=O) groups is 1. The number of nitrogen functional groups attached to an aromatic ring is 1. The van der Waals surface area contributed by atoms with E-state index in [0.717, 1.165) is 11.1 Å². The number of hydrogen-bond donors (Lipinski definition) is 3. The number of hydrogen-bond acceptors (Lipinski definition) is 5. The summed E-state index contributed by atoms with van der Waals surface area (Å²) >= 11 is 5.85. The topological polar surface area (TPSA) is 92.9 Å². The number of halogens is 1. The summed E-state index contributed by atoms with van der Waals surface area (Å²) in [6.07, 6.45) is 3.68. The van der Waals surface area contributed by atoms with E-state index in [9.17, 15) is 4.79 Å². The normalized spacial score (nSPS) is 12.0. The van der Waals surface area contributed by atoms with Crippen molar-refractivity contribution in [1.29, 1.82) is 0 Å². The van der Waals surface area contributed by atoms with Crippen molar-refractivity contribution < 1.29 is 4.79 Å². The zero-order valence-corrected chi connectivity index (χ0v) is 14.6. The minimum atomic E-state index is -0.247. The number of aromatic nitrogens is 2. The molecular formula is C16H22ClN5O. The summed E-state index contributed by atoms with van der Waals surface area (Å²) in [7, 11) is 0. The van der Waals surface area contributed by atoms with E-state index in [1.807, 2.05) is 13.0 Å². The van der Waals surface area contributed by atoms with Crippen molar-refractivity contribution in [2.45, 2.75) is 27.7 Å². The van der Waals surface area contributed by atoms with Crippen LogP contribution in [0.25, 0.3) is 0 Å². The summed E-state index contributed by atoms with van der Waals surface area (Å²) in [5, 5.41) is 6.48. The maximum atomic E-state index is 11.3. The van der Waals surface area contributed by atoms with Crippen LogP contribution >= 0.6 is 11.6 Å². The molecule has 0 aliphatic heterocycles.